The van der Waals surface area contributed by atoms with Gasteiger partial charge in [0.05, 0.1) is 5.52 Å². The maximum Gasteiger partial charge on any atom is 0.271 e. The highest BCUT2D eigenvalue weighted by atomic mass is 19.1. The number of amides is 1. The molecule has 0 atom stereocenters. The van der Waals surface area contributed by atoms with Crippen molar-refractivity contribution in [3.8, 4) is 0 Å². The number of hydrogen-bond donors (Lipinski definition) is 1. The number of rotatable bonds is 4. The van der Waals surface area contributed by atoms with E-state index in [9.17, 15) is 9.18 Å². The molecule has 0 aliphatic heterocycles. The van der Waals surface area contributed by atoms with E-state index in [2.05, 4.69) is 10.4 Å². The van der Waals surface area contributed by atoms with E-state index in [1.54, 1.807) is 10.6 Å². The van der Waals surface area contributed by atoms with Crippen molar-refractivity contribution in [1.29, 1.82) is 0 Å². The van der Waals surface area contributed by atoms with Gasteiger partial charge in [-0.05, 0) is 60.7 Å². The van der Waals surface area contributed by atoms with Crippen LogP contribution in [0.1, 0.15) is 53.7 Å². The minimum Gasteiger partial charge on any atom is -0.348 e. The van der Waals surface area contributed by atoms with E-state index in [0.717, 1.165) is 29.5 Å². The second kappa shape index (κ2) is 7.28. The molecule has 1 amide bonds. The van der Waals surface area contributed by atoms with Crippen LogP contribution < -0.4 is 5.32 Å². The van der Waals surface area contributed by atoms with Crippen molar-refractivity contribution >= 4 is 11.4 Å². The average Bonchev–Trinajstić information content (AvgIpc) is 3.11. The van der Waals surface area contributed by atoms with Gasteiger partial charge in [0.1, 0.15) is 11.5 Å². The van der Waals surface area contributed by atoms with Crippen molar-refractivity contribution in [3.63, 3.8) is 0 Å². The van der Waals surface area contributed by atoms with Crippen molar-refractivity contribution < 1.29 is 9.18 Å². The number of aromatic nitrogens is 2. The molecule has 1 aliphatic rings. The molecule has 4 rings (SSSR count). The van der Waals surface area contributed by atoms with Gasteiger partial charge < -0.3 is 5.32 Å². The van der Waals surface area contributed by atoms with E-state index in [1.807, 2.05) is 30.5 Å². The van der Waals surface area contributed by atoms with Crippen LogP contribution in [0, 0.1) is 5.82 Å². The van der Waals surface area contributed by atoms with Crippen molar-refractivity contribution in [1.82, 2.24) is 14.9 Å². The summed E-state index contributed by atoms with van der Waals surface area (Å²) in [6, 6.07) is 12.5. The van der Waals surface area contributed by atoms with Gasteiger partial charge in [0.25, 0.3) is 5.91 Å². The fourth-order valence-corrected chi connectivity index (χ4v) is 3.72. The molecule has 2 heterocycles. The summed E-state index contributed by atoms with van der Waals surface area (Å²) in [5.41, 5.74) is 3.18. The van der Waals surface area contributed by atoms with Crippen molar-refractivity contribution in [2.45, 2.75) is 44.6 Å². The molecule has 1 N–H and O–H groups in total. The lowest BCUT2D eigenvalue weighted by molar-refractivity contribution is 0.0921. The Morgan fingerprint density at radius 3 is 2.81 bits per heavy atom. The number of carbonyl (C=O) groups is 1. The van der Waals surface area contributed by atoms with E-state index in [1.165, 1.54) is 31.4 Å². The SMILES string of the molecule is O=C(NC1CCCCC1)c1cc(Cc2cccc(F)c2)c2cccn2n1. The van der Waals surface area contributed by atoms with Gasteiger partial charge in [0.15, 0.2) is 0 Å². The van der Waals surface area contributed by atoms with Gasteiger partial charge in [0.2, 0.25) is 0 Å². The Morgan fingerprint density at radius 2 is 2.00 bits per heavy atom. The molecule has 1 fully saturated rings. The number of nitrogens with one attached hydrogen (secondary N) is 1. The predicted molar refractivity (Wildman–Crippen MR) is 98.7 cm³/mol. The summed E-state index contributed by atoms with van der Waals surface area (Å²) in [6.45, 7) is 0. The molecule has 5 heteroatoms. The van der Waals surface area contributed by atoms with Crippen molar-refractivity contribution in [3.05, 3.63) is 71.3 Å². The van der Waals surface area contributed by atoms with Crippen LogP contribution in [-0.2, 0) is 6.42 Å². The molecule has 1 saturated carbocycles. The summed E-state index contributed by atoms with van der Waals surface area (Å²) in [4.78, 5) is 12.7. The maximum atomic E-state index is 13.5. The molecule has 0 saturated heterocycles. The molecule has 26 heavy (non-hydrogen) atoms. The van der Waals surface area contributed by atoms with Crippen LogP contribution >= 0.6 is 0 Å². The Balaban J connectivity index is 1.62. The van der Waals surface area contributed by atoms with E-state index in [0.29, 0.717) is 12.1 Å². The zero-order chi connectivity index (χ0) is 17.9. The second-order valence-electron chi connectivity index (χ2n) is 7.01. The monoisotopic (exact) mass is 351 g/mol. The van der Waals surface area contributed by atoms with Crippen molar-refractivity contribution in [2.24, 2.45) is 0 Å². The van der Waals surface area contributed by atoms with E-state index in [-0.39, 0.29) is 17.8 Å². The molecule has 0 unspecified atom stereocenters. The Bertz CT molecular complexity index is 928. The smallest absolute Gasteiger partial charge is 0.271 e. The molecule has 2 aromatic heterocycles. The number of benzene rings is 1. The number of nitrogens with zero attached hydrogens (tertiary/aromatic N) is 2. The predicted octanol–water partition coefficient (Wildman–Crippen LogP) is 4.13. The number of fused-ring (bicyclic) bond motifs is 1. The molecule has 134 valence electrons. The Morgan fingerprint density at radius 1 is 1.15 bits per heavy atom. The zero-order valence-corrected chi connectivity index (χ0v) is 14.6. The quantitative estimate of drug-likeness (QED) is 0.768. The topological polar surface area (TPSA) is 46.4 Å². The van der Waals surface area contributed by atoms with Crippen LogP contribution in [0.4, 0.5) is 4.39 Å². The summed E-state index contributed by atoms with van der Waals surface area (Å²) in [7, 11) is 0. The third-order valence-corrected chi connectivity index (χ3v) is 5.04. The lowest BCUT2D eigenvalue weighted by atomic mass is 9.95. The molecule has 0 radical (unpaired) electrons. The van der Waals surface area contributed by atoms with Gasteiger partial charge in [-0.1, -0.05) is 31.4 Å². The third kappa shape index (κ3) is 3.62. The zero-order valence-electron chi connectivity index (χ0n) is 14.6. The van der Waals surface area contributed by atoms with Crippen LogP contribution in [0.25, 0.3) is 5.52 Å². The van der Waals surface area contributed by atoms with Gasteiger partial charge in [-0.15, -0.1) is 0 Å². The van der Waals surface area contributed by atoms with Gasteiger partial charge in [0, 0.05) is 12.2 Å². The van der Waals surface area contributed by atoms with Gasteiger partial charge in [-0.25, -0.2) is 8.91 Å². The van der Waals surface area contributed by atoms with Crippen LogP contribution in [0.15, 0.2) is 48.7 Å². The first kappa shape index (κ1) is 16.8. The van der Waals surface area contributed by atoms with Crippen LogP contribution in [0.3, 0.4) is 0 Å². The molecule has 0 spiro atoms. The van der Waals surface area contributed by atoms with Crippen LogP contribution in [-0.4, -0.2) is 21.6 Å². The average molecular weight is 351 g/mol. The molecule has 0 bridgehead atoms. The summed E-state index contributed by atoms with van der Waals surface area (Å²) < 4.78 is 15.2. The molecule has 4 nitrogen and oxygen atoms in total. The van der Waals surface area contributed by atoms with E-state index >= 15 is 0 Å². The second-order valence-corrected chi connectivity index (χ2v) is 7.01. The minimum absolute atomic E-state index is 0.131. The van der Waals surface area contributed by atoms with Crippen LogP contribution in [0.2, 0.25) is 0 Å². The third-order valence-electron chi connectivity index (χ3n) is 5.04. The number of halogens is 1. The summed E-state index contributed by atoms with van der Waals surface area (Å²) in [6.07, 6.45) is 8.04. The molecule has 1 aromatic carbocycles. The van der Waals surface area contributed by atoms with E-state index in [4.69, 9.17) is 0 Å². The first-order chi connectivity index (χ1) is 12.7. The first-order valence-electron chi connectivity index (χ1n) is 9.21. The summed E-state index contributed by atoms with van der Waals surface area (Å²) >= 11 is 0. The van der Waals surface area contributed by atoms with E-state index < -0.39 is 0 Å². The van der Waals surface area contributed by atoms with Gasteiger partial charge in [-0.2, -0.15) is 5.10 Å². The Kier molecular flexibility index (Phi) is 4.69. The molecule has 3 aromatic rings. The largest absolute Gasteiger partial charge is 0.348 e. The minimum atomic E-state index is -0.252. The first-order valence-corrected chi connectivity index (χ1v) is 9.21. The standard InChI is InChI=1S/C21H22FN3O/c22-17-7-4-6-15(13-17)12-16-14-19(24-25-11-5-10-20(16)25)21(26)23-18-8-2-1-3-9-18/h4-7,10-11,13-14,18H,1-3,8-9,12H2,(H,23,26). The number of carbonyl (C=O) groups excluding carboxylic acids is 1. The molecular weight excluding hydrogens is 329 g/mol. The van der Waals surface area contributed by atoms with Crippen molar-refractivity contribution in [2.75, 3.05) is 0 Å². The highest BCUT2D eigenvalue weighted by Crippen LogP contribution is 2.20. The van der Waals surface area contributed by atoms with Gasteiger partial charge in [-0.3, -0.25) is 4.79 Å². The molecular formula is C21H22FN3O. The van der Waals surface area contributed by atoms with Gasteiger partial charge >= 0.3 is 0 Å². The fourth-order valence-electron chi connectivity index (χ4n) is 3.72. The summed E-state index contributed by atoms with van der Waals surface area (Å²) in [5, 5.41) is 7.57. The Labute approximate surface area is 152 Å². The fraction of sp³-hybridized carbons (Fsp3) is 0.333. The summed E-state index contributed by atoms with van der Waals surface area (Å²) in [5.74, 6) is -0.383. The molecule has 1 aliphatic carbocycles. The Hall–Kier alpha value is -2.69. The highest BCUT2D eigenvalue weighted by Gasteiger charge is 2.19. The lowest BCUT2D eigenvalue weighted by Gasteiger charge is -2.22. The lowest BCUT2D eigenvalue weighted by Crippen LogP contribution is -2.36. The van der Waals surface area contributed by atoms with Crippen LogP contribution in [0.5, 0.6) is 0 Å². The highest BCUT2D eigenvalue weighted by molar-refractivity contribution is 5.93. The number of hydrogen-bond acceptors (Lipinski definition) is 2. The normalized spacial score (nSPS) is 15.3. The maximum absolute atomic E-state index is 13.5.